The Morgan fingerprint density at radius 3 is 2.39 bits per heavy atom. The summed E-state index contributed by atoms with van der Waals surface area (Å²) in [7, 11) is 0. The molecular weight excluding hydrogens is 218 g/mol. The number of nitrogens with one attached hydrogen (secondary N) is 1. The van der Waals surface area contributed by atoms with Gasteiger partial charge in [-0.25, -0.2) is 0 Å². The molecule has 1 rings (SSSR count). The first kappa shape index (κ1) is 15.2. The van der Waals surface area contributed by atoms with Crippen molar-refractivity contribution < 1.29 is 0 Å². The maximum absolute atomic E-state index is 3.63. The van der Waals surface area contributed by atoms with Crippen LogP contribution in [0.5, 0.6) is 0 Å². The van der Waals surface area contributed by atoms with E-state index in [0.29, 0.717) is 6.04 Å². The van der Waals surface area contributed by atoms with Gasteiger partial charge in [-0.1, -0.05) is 45.0 Å². The van der Waals surface area contributed by atoms with Crippen LogP contribution in [0.1, 0.15) is 51.2 Å². The molecule has 0 aromatic heterocycles. The molecular formula is C17H29N. The summed E-state index contributed by atoms with van der Waals surface area (Å²) in [6.45, 7) is 10.1. The van der Waals surface area contributed by atoms with Gasteiger partial charge < -0.3 is 5.32 Å². The summed E-state index contributed by atoms with van der Waals surface area (Å²) in [5.41, 5.74) is 2.93. The fraction of sp³-hybridized carbons (Fsp3) is 0.647. The molecule has 1 aromatic carbocycles. The summed E-state index contributed by atoms with van der Waals surface area (Å²) < 4.78 is 0. The third-order valence-electron chi connectivity index (χ3n) is 3.61. The predicted molar refractivity (Wildman–Crippen MR) is 81.0 cm³/mol. The van der Waals surface area contributed by atoms with Crippen LogP contribution >= 0.6 is 0 Å². The molecule has 102 valence electrons. The molecule has 1 nitrogen and oxygen atoms in total. The lowest BCUT2D eigenvalue weighted by atomic mass is 9.96. The molecule has 0 aliphatic heterocycles. The lowest BCUT2D eigenvalue weighted by Gasteiger charge is -2.19. The van der Waals surface area contributed by atoms with E-state index in [1.54, 1.807) is 0 Å². The average molecular weight is 247 g/mol. The molecule has 18 heavy (non-hydrogen) atoms. The zero-order valence-electron chi connectivity index (χ0n) is 12.5. The Balaban J connectivity index is 2.44. The summed E-state index contributed by atoms with van der Waals surface area (Å²) in [6, 6.07) is 9.43. The van der Waals surface area contributed by atoms with Crippen molar-refractivity contribution in [1.29, 1.82) is 0 Å². The van der Waals surface area contributed by atoms with Crippen molar-refractivity contribution in [3.63, 3.8) is 0 Å². The molecule has 0 aliphatic carbocycles. The number of hydrogen-bond donors (Lipinski definition) is 1. The smallest absolute Gasteiger partial charge is 0.00702 e. The van der Waals surface area contributed by atoms with E-state index >= 15 is 0 Å². The van der Waals surface area contributed by atoms with Crippen molar-refractivity contribution >= 4 is 0 Å². The third-order valence-corrected chi connectivity index (χ3v) is 3.61. The van der Waals surface area contributed by atoms with Crippen molar-refractivity contribution in [3.05, 3.63) is 35.4 Å². The quantitative estimate of drug-likeness (QED) is 0.720. The highest BCUT2D eigenvalue weighted by Gasteiger charge is 2.09. The van der Waals surface area contributed by atoms with Crippen LogP contribution in [0.25, 0.3) is 0 Å². The van der Waals surface area contributed by atoms with Crippen molar-refractivity contribution in [3.8, 4) is 0 Å². The summed E-state index contributed by atoms with van der Waals surface area (Å²) in [5, 5.41) is 3.63. The highest BCUT2D eigenvalue weighted by molar-refractivity contribution is 5.25. The SMILES string of the molecule is CCNC(CCc1ccccc1C)CCC(C)C. The van der Waals surface area contributed by atoms with Gasteiger partial charge in [0.1, 0.15) is 0 Å². The molecule has 1 atom stereocenters. The monoisotopic (exact) mass is 247 g/mol. The van der Waals surface area contributed by atoms with E-state index in [2.05, 4.69) is 57.3 Å². The highest BCUT2D eigenvalue weighted by atomic mass is 14.9. The molecule has 1 unspecified atom stereocenters. The normalized spacial score (nSPS) is 12.9. The van der Waals surface area contributed by atoms with Crippen LogP contribution in [0.3, 0.4) is 0 Å². The predicted octanol–water partition coefficient (Wildman–Crippen LogP) is 4.34. The Morgan fingerprint density at radius 2 is 1.78 bits per heavy atom. The molecule has 1 heteroatoms. The fourth-order valence-corrected chi connectivity index (χ4v) is 2.39. The lowest BCUT2D eigenvalue weighted by Crippen LogP contribution is -2.29. The molecule has 1 N–H and O–H groups in total. The van der Waals surface area contributed by atoms with Crippen LogP contribution in [0.15, 0.2) is 24.3 Å². The molecule has 0 spiro atoms. The van der Waals surface area contributed by atoms with Crippen molar-refractivity contribution in [2.24, 2.45) is 5.92 Å². The second kappa shape index (κ2) is 8.31. The van der Waals surface area contributed by atoms with Crippen LogP contribution in [-0.4, -0.2) is 12.6 Å². The minimum Gasteiger partial charge on any atom is -0.314 e. The van der Waals surface area contributed by atoms with Crippen molar-refractivity contribution in [2.75, 3.05) is 6.54 Å². The van der Waals surface area contributed by atoms with E-state index < -0.39 is 0 Å². The van der Waals surface area contributed by atoms with Crippen LogP contribution in [0.4, 0.5) is 0 Å². The van der Waals surface area contributed by atoms with Gasteiger partial charge in [-0.2, -0.15) is 0 Å². The van der Waals surface area contributed by atoms with Gasteiger partial charge in [0.05, 0.1) is 0 Å². The van der Waals surface area contributed by atoms with E-state index in [0.717, 1.165) is 12.5 Å². The van der Waals surface area contributed by atoms with Gasteiger partial charge >= 0.3 is 0 Å². The molecule has 1 aromatic rings. The third kappa shape index (κ3) is 5.68. The Bertz CT molecular complexity index is 330. The Kier molecular flexibility index (Phi) is 7.04. The maximum Gasteiger partial charge on any atom is 0.00702 e. The molecule has 0 bridgehead atoms. The Hall–Kier alpha value is -0.820. The van der Waals surface area contributed by atoms with Gasteiger partial charge in [-0.05, 0) is 56.2 Å². The molecule has 0 heterocycles. The summed E-state index contributed by atoms with van der Waals surface area (Å²) in [5.74, 6) is 0.810. The van der Waals surface area contributed by atoms with E-state index in [4.69, 9.17) is 0 Å². The molecule has 0 saturated heterocycles. The zero-order valence-corrected chi connectivity index (χ0v) is 12.5. The van der Waals surface area contributed by atoms with E-state index in [9.17, 15) is 0 Å². The van der Waals surface area contributed by atoms with Gasteiger partial charge in [0.25, 0.3) is 0 Å². The van der Waals surface area contributed by atoms with Crippen molar-refractivity contribution in [2.45, 2.75) is 59.4 Å². The van der Waals surface area contributed by atoms with Crippen LogP contribution in [-0.2, 0) is 6.42 Å². The summed E-state index contributed by atoms with van der Waals surface area (Å²) in [4.78, 5) is 0. The molecule has 0 aliphatic rings. The zero-order chi connectivity index (χ0) is 13.4. The van der Waals surface area contributed by atoms with Gasteiger partial charge in [-0.3, -0.25) is 0 Å². The van der Waals surface area contributed by atoms with Gasteiger partial charge in [0.2, 0.25) is 0 Å². The maximum atomic E-state index is 3.63. The topological polar surface area (TPSA) is 12.0 Å². The van der Waals surface area contributed by atoms with Crippen molar-refractivity contribution in [1.82, 2.24) is 5.32 Å². The largest absolute Gasteiger partial charge is 0.314 e. The average Bonchev–Trinajstić information content (AvgIpc) is 2.34. The fourth-order valence-electron chi connectivity index (χ4n) is 2.39. The second-order valence-electron chi connectivity index (χ2n) is 5.69. The first-order valence-electron chi connectivity index (χ1n) is 7.41. The van der Waals surface area contributed by atoms with Crippen LogP contribution in [0, 0.1) is 12.8 Å². The van der Waals surface area contributed by atoms with Crippen LogP contribution < -0.4 is 5.32 Å². The first-order valence-corrected chi connectivity index (χ1v) is 7.41. The molecule has 0 radical (unpaired) electrons. The van der Waals surface area contributed by atoms with E-state index in [1.165, 1.54) is 36.8 Å². The number of benzene rings is 1. The molecule has 0 saturated carbocycles. The minimum absolute atomic E-state index is 0.678. The van der Waals surface area contributed by atoms with Gasteiger partial charge in [0, 0.05) is 6.04 Å². The molecule has 0 fully saturated rings. The first-order chi connectivity index (χ1) is 8.63. The van der Waals surface area contributed by atoms with Crippen LogP contribution in [0.2, 0.25) is 0 Å². The Morgan fingerprint density at radius 1 is 1.06 bits per heavy atom. The van der Waals surface area contributed by atoms with Gasteiger partial charge in [-0.15, -0.1) is 0 Å². The summed E-state index contributed by atoms with van der Waals surface area (Å²) in [6.07, 6.45) is 5.08. The molecule has 0 amide bonds. The Labute approximate surface area is 113 Å². The minimum atomic E-state index is 0.678. The van der Waals surface area contributed by atoms with E-state index in [1.807, 2.05) is 0 Å². The highest BCUT2D eigenvalue weighted by Crippen LogP contribution is 2.14. The standard InChI is InChI=1S/C17H29N/c1-5-18-17(12-10-14(2)3)13-11-16-9-7-6-8-15(16)4/h6-9,14,17-18H,5,10-13H2,1-4H3. The number of hydrogen-bond acceptors (Lipinski definition) is 1. The lowest BCUT2D eigenvalue weighted by molar-refractivity contribution is 0.417. The number of rotatable bonds is 8. The second-order valence-corrected chi connectivity index (χ2v) is 5.69. The number of aryl methyl sites for hydroxylation is 2. The van der Waals surface area contributed by atoms with Gasteiger partial charge in [0.15, 0.2) is 0 Å². The van der Waals surface area contributed by atoms with E-state index in [-0.39, 0.29) is 0 Å². The summed E-state index contributed by atoms with van der Waals surface area (Å²) >= 11 is 0.